The van der Waals surface area contributed by atoms with Crippen molar-refractivity contribution in [2.45, 2.75) is 128 Å². The molecule has 30 heavy (non-hydrogen) atoms. The van der Waals surface area contributed by atoms with E-state index in [-0.39, 0.29) is 5.97 Å². The van der Waals surface area contributed by atoms with E-state index in [0.717, 1.165) is 12.8 Å². The number of unbranched alkanes of at least 4 members (excludes halogenated alkanes) is 19. The largest absolute Gasteiger partial charge is 0.463 e. The molecule has 2 nitrogen and oxygen atoms in total. The Morgan fingerprint density at radius 1 is 0.567 bits per heavy atom. The predicted octanol–water partition coefficient (Wildman–Crippen LogP) is 9.26. The number of carbonyl (C=O) groups excluding carboxylic acids is 1. The van der Waals surface area contributed by atoms with E-state index >= 15 is 0 Å². The SMILES string of the molecule is C=CC=CC(=O)OCCCCCCCCCCCCCCCCCCCCCC=C. The quantitative estimate of drug-likeness (QED) is 0.0513. The zero-order valence-electron chi connectivity index (χ0n) is 19.9. The van der Waals surface area contributed by atoms with Crippen molar-refractivity contribution in [2.75, 3.05) is 6.61 Å². The number of ether oxygens (including phenoxy) is 1. The summed E-state index contributed by atoms with van der Waals surface area (Å²) in [5, 5.41) is 0. The van der Waals surface area contributed by atoms with E-state index in [1.165, 1.54) is 122 Å². The summed E-state index contributed by atoms with van der Waals surface area (Å²) >= 11 is 0. The number of carbonyl (C=O) groups is 1. The van der Waals surface area contributed by atoms with E-state index in [1.807, 2.05) is 6.08 Å². The lowest BCUT2D eigenvalue weighted by molar-refractivity contribution is -0.137. The lowest BCUT2D eigenvalue weighted by Gasteiger charge is -2.04. The molecule has 0 unspecified atom stereocenters. The van der Waals surface area contributed by atoms with Crippen LogP contribution in [0.25, 0.3) is 0 Å². The number of rotatable bonds is 24. The van der Waals surface area contributed by atoms with Crippen molar-refractivity contribution in [2.24, 2.45) is 0 Å². The molecule has 0 heterocycles. The van der Waals surface area contributed by atoms with E-state index < -0.39 is 0 Å². The molecule has 0 rings (SSSR count). The van der Waals surface area contributed by atoms with Crippen molar-refractivity contribution in [3.8, 4) is 0 Å². The maximum Gasteiger partial charge on any atom is 0.330 e. The molecular weight excluding hydrogens is 368 g/mol. The van der Waals surface area contributed by atoms with Crippen LogP contribution in [-0.4, -0.2) is 12.6 Å². The molecule has 0 bridgehead atoms. The van der Waals surface area contributed by atoms with Gasteiger partial charge in [0.25, 0.3) is 0 Å². The molecule has 0 saturated carbocycles. The van der Waals surface area contributed by atoms with Crippen LogP contribution >= 0.6 is 0 Å². The van der Waals surface area contributed by atoms with Gasteiger partial charge in [0.2, 0.25) is 0 Å². The molecule has 0 amide bonds. The molecule has 0 spiro atoms. The molecule has 0 aliphatic heterocycles. The van der Waals surface area contributed by atoms with Crippen molar-refractivity contribution < 1.29 is 9.53 Å². The second-order valence-electron chi connectivity index (χ2n) is 8.56. The lowest BCUT2D eigenvalue weighted by atomic mass is 10.0. The summed E-state index contributed by atoms with van der Waals surface area (Å²) in [7, 11) is 0. The standard InChI is InChI=1S/C28H50O2/c1-3-5-7-8-9-10-11-12-13-14-15-16-17-18-19-20-21-22-23-24-25-27-30-28(29)26-6-4-2/h3-4,6,26H,1-2,5,7-25,27H2. The third kappa shape index (κ3) is 24.7. The van der Waals surface area contributed by atoms with Crippen LogP contribution in [0, 0.1) is 0 Å². The number of hydrogen-bond donors (Lipinski definition) is 0. The fourth-order valence-corrected chi connectivity index (χ4v) is 3.76. The van der Waals surface area contributed by atoms with Gasteiger partial charge < -0.3 is 4.74 Å². The minimum Gasteiger partial charge on any atom is -0.463 e. The zero-order chi connectivity index (χ0) is 22.0. The van der Waals surface area contributed by atoms with Gasteiger partial charge in [-0.1, -0.05) is 134 Å². The number of allylic oxidation sites excluding steroid dienone is 3. The van der Waals surface area contributed by atoms with Crippen LogP contribution < -0.4 is 0 Å². The molecule has 0 aromatic heterocycles. The first kappa shape index (κ1) is 28.7. The lowest BCUT2D eigenvalue weighted by Crippen LogP contribution is -2.01. The molecule has 0 aliphatic carbocycles. The summed E-state index contributed by atoms with van der Waals surface area (Å²) < 4.78 is 5.11. The molecule has 2 heteroatoms. The topological polar surface area (TPSA) is 26.3 Å². The minimum absolute atomic E-state index is 0.264. The third-order valence-corrected chi connectivity index (χ3v) is 5.67. The molecule has 0 aliphatic rings. The highest BCUT2D eigenvalue weighted by atomic mass is 16.5. The van der Waals surface area contributed by atoms with Gasteiger partial charge in [0.1, 0.15) is 0 Å². The molecule has 0 aromatic rings. The Bertz CT molecular complexity index is 411. The van der Waals surface area contributed by atoms with Gasteiger partial charge in [0, 0.05) is 6.08 Å². The Hall–Kier alpha value is -1.31. The average Bonchev–Trinajstić information content (AvgIpc) is 2.75. The number of hydrogen-bond acceptors (Lipinski definition) is 2. The van der Waals surface area contributed by atoms with Gasteiger partial charge in [0.15, 0.2) is 0 Å². The first-order valence-corrected chi connectivity index (χ1v) is 12.9. The summed E-state index contributed by atoms with van der Waals surface area (Å²) in [5.74, 6) is -0.264. The monoisotopic (exact) mass is 418 g/mol. The summed E-state index contributed by atoms with van der Waals surface area (Å²) in [4.78, 5) is 11.3. The van der Waals surface area contributed by atoms with E-state index in [4.69, 9.17) is 4.74 Å². The highest BCUT2D eigenvalue weighted by molar-refractivity contribution is 5.82. The Balaban J connectivity index is 3.08. The van der Waals surface area contributed by atoms with E-state index in [2.05, 4.69) is 13.2 Å². The van der Waals surface area contributed by atoms with Gasteiger partial charge in [-0.25, -0.2) is 4.79 Å². The normalized spacial score (nSPS) is 11.1. The van der Waals surface area contributed by atoms with Crippen molar-refractivity contribution in [1.82, 2.24) is 0 Å². The smallest absolute Gasteiger partial charge is 0.330 e. The number of esters is 1. The zero-order valence-corrected chi connectivity index (χ0v) is 19.9. The average molecular weight is 419 g/mol. The maximum atomic E-state index is 11.3. The highest BCUT2D eigenvalue weighted by Gasteiger charge is 1.97. The maximum absolute atomic E-state index is 11.3. The van der Waals surface area contributed by atoms with Gasteiger partial charge >= 0.3 is 5.97 Å². The summed E-state index contributed by atoms with van der Waals surface area (Å²) in [6.07, 6.45) is 33.7. The van der Waals surface area contributed by atoms with Crippen molar-refractivity contribution in [3.63, 3.8) is 0 Å². The van der Waals surface area contributed by atoms with Crippen molar-refractivity contribution in [1.29, 1.82) is 0 Å². The molecule has 174 valence electrons. The van der Waals surface area contributed by atoms with Crippen LogP contribution in [0.5, 0.6) is 0 Å². The van der Waals surface area contributed by atoms with E-state index in [9.17, 15) is 4.79 Å². The van der Waals surface area contributed by atoms with Crippen LogP contribution in [0.2, 0.25) is 0 Å². The van der Waals surface area contributed by atoms with E-state index in [0.29, 0.717) is 6.61 Å². The van der Waals surface area contributed by atoms with Gasteiger partial charge in [-0.3, -0.25) is 0 Å². The minimum atomic E-state index is -0.264. The predicted molar refractivity (Wildman–Crippen MR) is 133 cm³/mol. The van der Waals surface area contributed by atoms with Gasteiger partial charge in [-0.15, -0.1) is 6.58 Å². The second kappa shape index (κ2) is 25.7. The van der Waals surface area contributed by atoms with Gasteiger partial charge in [-0.05, 0) is 19.3 Å². The van der Waals surface area contributed by atoms with Crippen LogP contribution in [0.1, 0.15) is 128 Å². The molecule has 0 radical (unpaired) electrons. The first-order valence-electron chi connectivity index (χ1n) is 12.9. The molecule has 0 N–H and O–H groups in total. The first-order chi connectivity index (χ1) is 14.8. The molecule has 0 atom stereocenters. The van der Waals surface area contributed by atoms with Crippen LogP contribution in [0.15, 0.2) is 37.5 Å². The van der Waals surface area contributed by atoms with E-state index in [1.54, 1.807) is 12.2 Å². The van der Waals surface area contributed by atoms with Gasteiger partial charge in [0.05, 0.1) is 6.61 Å². The second-order valence-corrected chi connectivity index (χ2v) is 8.56. The van der Waals surface area contributed by atoms with Gasteiger partial charge in [-0.2, -0.15) is 0 Å². The molecule has 0 fully saturated rings. The third-order valence-electron chi connectivity index (χ3n) is 5.67. The Labute approximate surface area is 188 Å². The fraction of sp³-hybridized carbons (Fsp3) is 0.750. The Morgan fingerprint density at radius 2 is 0.933 bits per heavy atom. The summed E-state index contributed by atoms with van der Waals surface area (Å²) in [6, 6.07) is 0. The van der Waals surface area contributed by atoms with Crippen molar-refractivity contribution >= 4 is 5.97 Å². The fourth-order valence-electron chi connectivity index (χ4n) is 3.76. The van der Waals surface area contributed by atoms with Crippen LogP contribution in [0.3, 0.4) is 0 Å². The van der Waals surface area contributed by atoms with Crippen LogP contribution in [0.4, 0.5) is 0 Å². The highest BCUT2D eigenvalue weighted by Crippen LogP contribution is 2.14. The Morgan fingerprint density at radius 3 is 1.30 bits per heavy atom. The molecular formula is C28H50O2. The summed E-state index contributed by atoms with van der Waals surface area (Å²) in [5.41, 5.74) is 0. The molecule has 0 saturated heterocycles. The van der Waals surface area contributed by atoms with Crippen molar-refractivity contribution in [3.05, 3.63) is 37.5 Å². The van der Waals surface area contributed by atoms with Crippen LogP contribution in [-0.2, 0) is 9.53 Å². The summed E-state index contributed by atoms with van der Waals surface area (Å²) in [6.45, 7) is 7.85. The molecule has 0 aromatic carbocycles. The Kier molecular flexibility index (Phi) is 24.6.